The molecule has 0 amide bonds. The molecule has 0 unspecified atom stereocenters. The van der Waals surface area contributed by atoms with Gasteiger partial charge in [0.15, 0.2) is 0 Å². The molecular formula is C24H31NO6Si. The first-order valence-corrected chi connectivity index (χ1v) is 12.5. The van der Waals surface area contributed by atoms with Crippen molar-refractivity contribution in [3.05, 3.63) is 60.7 Å². The Hall–Kier alpha value is -2.52. The Kier molecular flexibility index (Phi) is 6.90. The number of aliphatic carboxylic acids is 1. The van der Waals surface area contributed by atoms with Crippen LogP contribution in [0.4, 0.5) is 0 Å². The lowest BCUT2D eigenvalue weighted by Gasteiger charge is -2.43. The highest BCUT2D eigenvalue weighted by Gasteiger charge is 2.56. The molecule has 7 nitrogen and oxygen atoms in total. The summed E-state index contributed by atoms with van der Waals surface area (Å²) in [6.45, 7) is 7.91. The van der Waals surface area contributed by atoms with Gasteiger partial charge in [-0.05, 0) is 15.4 Å². The van der Waals surface area contributed by atoms with Crippen LogP contribution in [0.3, 0.4) is 0 Å². The minimum Gasteiger partial charge on any atom is -0.476 e. The van der Waals surface area contributed by atoms with Crippen LogP contribution in [0.25, 0.3) is 0 Å². The van der Waals surface area contributed by atoms with E-state index in [1.807, 2.05) is 36.4 Å². The summed E-state index contributed by atoms with van der Waals surface area (Å²) in [5, 5.41) is 13.2. The number of benzene rings is 2. The number of ether oxygens (including phenoxy) is 1. The molecule has 8 heteroatoms. The van der Waals surface area contributed by atoms with Gasteiger partial charge in [0.1, 0.15) is 0 Å². The van der Waals surface area contributed by atoms with E-state index in [0.717, 1.165) is 10.4 Å². The van der Waals surface area contributed by atoms with E-state index >= 15 is 0 Å². The summed E-state index contributed by atoms with van der Waals surface area (Å²) in [7, 11) is -1.16. The van der Waals surface area contributed by atoms with E-state index in [1.165, 1.54) is 12.0 Å². The summed E-state index contributed by atoms with van der Waals surface area (Å²) < 4.78 is 12.0. The van der Waals surface area contributed by atoms with E-state index in [-0.39, 0.29) is 18.1 Å². The fraction of sp³-hybridized carbons (Fsp3) is 0.417. The molecule has 32 heavy (non-hydrogen) atoms. The average molecular weight is 458 g/mol. The molecule has 2 atom stereocenters. The highest BCUT2D eigenvalue weighted by molar-refractivity contribution is 6.99. The van der Waals surface area contributed by atoms with Gasteiger partial charge in [0.25, 0.3) is 8.32 Å². The number of likely N-dealkylation sites (N-methyl/N-ethyl adjacent to an activating group) is 1. The molecular weight excluding hydrogens is 426 g/mol. The zero-order chi connectivity index (χ0) is 23.6. The van der Waals surface area contributed by atoms with Crippen molar-refractivity contribution >= 4 is 30.6 Å². The summed E-state index contributed by atoms with van der Waals surface area (Å²) in [5.74, 6) is -4.10. The van der Waals surface area contributed by atoms with Crippen molar-refractivity contribution < 1.29 is 28.7 Å². The SMILES string of the molecule is CC(=O)O[C@@]1(C(=O)O)C[C@@H](CO[Si](c2ccccc2)(c2ccccc2)C(C)(C)C)N(C)O1. The van der Waals surface area contributed by atoms with E-state index in [1.54, 1.807) is 7.05 Å². The molecule has 2 aromatic carbocycles. The number of hydroxylamine groups is 2. The number of nitrogens with zero attached hydrogens (tertiary/aromatic N) is 1. The maximum absolute atomic E-state index is 11.9. The molecule has 2 aromatic rings. The number of esters is 1. The fourth-order valence-corrected chi connectivity index (χ4v) is 8.99. The van der Waals surface area contributed by atoms with Crippen LogP contribution < -0.4 is 10.4 Å². The first kappa shape index (κ1) is 24.1. The summed E-state index contributed by atoms with van der Waals surface area (Å²) in [5.41, 5.74) is 0. The van der Waals surface area contributed by atoms with Gasteiger partial charge in [0.05, 0.1) is 12.6 Å². The Balaban J connectivity index is 1.98. The molecule has 0 spiro atoms. The molecule has 0 radical (unpaired) electrons. The average Bonchev–Trinajstić information content (AvgIpc) is 3.05. The summed E-state index contributed by atoms with van der Waals surface area (Å²) >= 11 is 0. The molecule has 1 fully saturated rings. The first-order chi connectivity index (χ1) is 15.0. The lowest BCUT2D eigenvalue weighted by molar-refractivity contribution is -0.282. The number of carboxylic acid groups (broad SMARTS) is 1. The number of rotatable bonds is 7. The monoisotopic (exact) mass is 457 g/mol. The van der Waals surface area contributed by atoms with Crippen molar-refractivity contribution in [2.75, 3.05) is 13.7 Å². The zero-order valence-electron chi connectivity index (χ0n) is 19.2. The maximum atomic E-state index is 11.9. The van der Waals surface area contributed by atoms with E-state index in [0.29, 0.717) is 0 Å². The smallest absolute Gasteiger partial charge is 0.379 e. The van der Waals surface area contributed by atoms with Crippen LogP contribution in [0, 0.1) is 0 Å². The molecule has 1 heterocycles. The Morgan fingerprint density at radius 2 is 1.59 bits per heavy atom. The molecule has 3 rings (SSSR count). The normalized spacial score (nSPS) is 22.0. The fourth-order valence-electron chi connectivity index (χ4n) is 4.39. The van der Waals surface area contributed by atoms with Crippen molar-refractivity contribution in [1.82, 2.24) is 5.06 Å². The minimum atomic E-state index is -2.79. The van der Waals surface area contributed by atoms with Crippen molar-refractivity contribution in [2.45, 2.75) is 51.0 Å². The van der Waals surface area contributed by atoms with Crippen LogP contribution >= 0.6 is 0 Å². The third-order valence-corrected chi connectivity index (χ3v) is 10.9. The molecule has 0 aliphatic carbocycles. The van der Waals surface area contributed by atoms with Crippen molar-refractivity contribution in [3.8, 4) is 0 Å². The summed E-state index contributed by atoms with van der Waals surface area (Å²) in [4.78, 5) is 28.9. The molecule has 1 aliphatic rings. The third-order valence-electron chi connectivity index (χ3n) is 5.85. The van der Waals surface area contributed by atoms with E-state index in [2.05, 4.69) is 45.0 Å². The second-order valence-electron chi connectivity index (χ2n) is 9.12. The summed E-state index contributed by atoms with van der Waals surface area (Å²) in [6.07, 6.45) is -0.0311. The second kappa shape index (κ2) is 9.15. The van der Waals surface area contributed by atoms with Gasteiger partial charge in [-0.3, -0.25) is 4.79 Å². The van der Waals surface area contributed by atoms with Crippen LogP contribution in [0.5, 0.6) is 0 Å². The molecule has 0 saturated carbocycles. The maximum Gasteiger partial charge on any atom is 0.379 e. The predicted molar refractivity (Wildman–Crippen MR) is 123 cm³/mol. The predicted octanol–water partition coefficient (Wildman–Crippen LogP) is 2.54. The highest BCUT2D eigenvalue weighted by atomic mass is 28.4. The van der Waals surface area contributed by atoms with Gasteiger partial charge in [-0.25, -0.2) is 9.63 Å². The molecule has 0 bridgehead atoms. The lowest BCUT2D eigenvalue weighted by atomic mass is 10.1. The largest absolute Gasteiger partial charge is 0.476 e. The van der Waals surface area contributed by atoms with Crippen LogP contribution in [-0.2, 0) is 23.6 Å². The molecule has 172 valence electrons. The number of hydrogen-bond acceptors (Lipinski definition) is 6. The topological polar surface area (TPSA) is 85.3 Å². The quantitative estimate of drug-likeness (QED) is 0.505. The minimum absolute atomic E-state index is 0.0311. The van der Waals surface area contributed by atoms with Gasteiger partial charge < -0.3 is 14.3 Å². The van der Waals surface area contributed by atoms with Gasteiger partial charge in [-0.15, -0.1) is 0 Å². The molecule has 1 aliphatic heterocycles. The highest BCUT2D eigenvalue weighted by Crippen LogP contribution is 2.38. The lowest BCUT2D eigenvalue weighted by Crippen LogP contribution is -2.67. The van der Waals surface area contributed by atoms with Gasteiger partial charge in [-0.1, -0.05) is 81.4 Å². The first-order valence-electron chi connectivity index (χ1n) is 10.6. The summed E-state index contributed by atoms with van der Waals surface area (Å²) in [6, 6.07) is 20.0. The third kappa shape index (κ3) is 4.49. The van der Waals surface area contributed by atoms with Crippen LogP contribution in [0.15, 0.2) is 60.7 Å². The van der Waals surface area contributed by atoms with Crippen molar-refractivity contribution in [3.63, 3.8) is 0 Å². The van der Waals surface area contributed by atoms with Gasteiger partial charge in [0.2, 0.25) is 0 Å². The van der Waals surface area contributed by atoms with Crippen LogP contribution in [0.1, 0.15) is 34.1 Å². The Labute approximate surface area is 190 Å². The second-order valence-corrected chi connectivity index (χ2v) is 13.4. The Morgan fingerprint density at radius 1 is 1.09 bits per heavy atom. The molecule has 1 N–H and O–H groups in total. The van der Waals surface area contributed by atoms with Crippen LogP contribution in [-0.4, -0.2) is 55.9 Å². The molecule has 0 aromatic heterocycles. The van der Waals surface area contributed by atoms with Gasteiger partial charge in [-0.2, -0.15) is 5.06 Å². The van der Waals surface area contributed by atoms with E-state index in [4.69, 9.17) is 14.0 Å². The van der Waals surface area contributed by atoms with E-state index in [9.17, 15) is 14.7 Å². The number of carbonyl (C=O) groups excluding carboxylic acids is 1. The Morgan fingerprint density at radius 3 is 2.00 bits per heavy atom. The zero-order valence-corrected chi connectivity index (χ0v) is 20.2. The number of carbonyl (C=O) groups is 2. The van der Waals surface area contributed by atoms with E-state index < -0.39 is 32.1 Å². The number of hydrogen-bond donors (Lipinski definition) is 1. The van der Waals surface area contributed by atoms with Gasteiger partial charge >= 0.3 is 17.7 Å². The van der Waals surface area contributed by atoms with Gasteiger partial charge in [0, 0.05) is 20.4 Å². The standard InChI is InChI=1S/C24H31NO6Si/c1-18(26)30-24(22(27)28)16-19(25(5)31-24)17-29-32(23(2,3)4,20-12-8-6-9-13-20)21-14-10-7-11-15-21/h6-15,19H,16-17H2,1-5H3,(H,27,28)/t19-,24-/m0/s1. The molecule has 1 saturated heterocycles. The van der Waals surface area contributed by atoms with Crippen LogP contribution in [0.2, 0.25) is 5.04 Å². The Bertz CT molecular complexity index is 906. The van der Waals surface area contributed by atoms with Crippen molar-refractivity contribution in [1.29, 1.82) is 0 Å². The number of carboxylic acids is 1. The van der Waals surface area contributed by atoms with Crippen molar-refractivity contribution in [2.24, 2.45) is 0 Å².